The zero-order valence-corrected chi connectivity index (χ0v) is 8.31. The van der Waals surface area contributed by atoms with Gasteiger partial charge in [-0.2, -0.15) is 0 Å². The summed E-state index contributed by atoms with van der Waals surface area (Å²) in [5.41, 5.74) is -0.250. The summed E-state index contributed by atoms with van der Waals surface area (Å²) in [5.74, 6) is -0.802. The first-order valence-electron chi connectivity index (χ1n) is 4.40. The molecule has 0 amide bonds. The second kappa shape index (κ2) is 3.73. The van der Waals surface area contributed by atoms with Crippen LogP contribution < -0.4 is 4.74 Å². The Hall–Kier alpha value is -2.24. The number of non-ortho nitro benzene ring substituents is 1. The Balaban J connectivity index is 2.90. The van der Waals surface area contributed by atoms with E-state index in [0.29, 0.717) is 0 Å². The van der Waals surface area contributed by atoms with Crippen molar-refractivity contribution in [1.29, 1.82) is 0 Å². The monoisotopic (exact) mass is 222 g/mol. The summed E-state index contributed by atoms with van der Waals surface area (Å²) in [6.07, 6.45) is 1.38. The van der Waals surface area contributed by atoms with Crippen LogP contribution in [-0.2, 0) is 0 Å². The third kappa shape index (κ3) is 1.44. The lowest BCUT2D eigenvalue weighted by atomic mass is 10.1. The predicted octanol–water partition coefficient (Wildman–Crippen LogP) is 2.29. The maximum Gasteiger partial charge on any atom is 0.299 e. The third-order valence-electron chi connectivity index (χ3n) is 2.19. The van der Waals surface area contributed by atoms with Gasteiger partial charge in [-0.15, -0.1) is 0 Å². The van der Waals surface area contributed by atoms with Gasteiger partial charge in [0.15, 0.2) is 17.1 Å². The standard InChI is InChI=1S/C10H7FN2O3/c1-16-8-5-7(13(14)15)10-6(9(8)11)3-2-4-12-10/h2-5H,1H3. The van der Waals surface area contributed by atoms with Gasteiger partial charge in [0.2, 0.25) is 0 Å². The number of aromatic nitrogens is 1. The van der Waals surface area contributed by atoms with Gasteiger partial charge in [0.1, 0.15) is 0 Å². The first kappa shape index (κ1) is 10.3. The number of nitrogens with zero attached hydrogens (tertiary/aromatic N) is 2. The van der Waals surface area contributed by atoms with E-state index in [9.17, 15) is 14.5 Å². The van der Waals surface area contributed by atoms with E-state index in [4.69, 9.17) is 4.74 Å². The first-order chi connectivity index (χ1) is 7.65. The van der Waals surface area contributed by atoms with Gasteiger partial charge in [0, 0.05) is 11.6 Å². The molecule has 1 aromatic heterocycles. The molecule has 5 nitrogen and oxygen atoms in total. The van der Waals surface area contributed by atoms with E-state index < -0.39 is 10.7 Å². The number of halogens is 1. The molecule has 0 bridgehead atoms. The molecule has 0 radical (unpaired) electrons. The molecule has 0 unspecified atom stereocenters. The molecule has 16 heavy (non-hydrogen) atoms. The molecule has 0 aliphatic carbocycles. The molecule has 1 aromatic carbocycles. The summed E-state index contributed by atoms with van der Waals surface area (Å²) in [5, 5.41) is 10.9. The number of rotatable bonds is 2. The van der Waals surface area contributed by atoms with E-state index in [1.54, 1.807) is 0 Å². The largest absolute Gasteiger partial charge is 0.493 e. The number of ether oxygens (including phenoxy) is 1. The average Bonchev–Trinajstić information content (AvgIpc) is 2.29. The first-order valence-corrected chi connectivity index (χ1v) is 4.40. The highest BCUT2D eigenvalue weighted by atomic mass is 19.1. The number of hydrogen-bond donors (Lipinski definition) is 0. The zero-order chi connectivity index (χ0) is 11.7. The van der Waals surface area contributed by atoms with Crippen LogP contribution in [0.2, 0.25) is 0 Å². The van der Waals surface area contributed by atoms with Crippen molar-refractivity contribution in [2.75, 3.05) is 7.11 Å². The number of fused-ring (bicyclic) bond motifs is 1. The van der Waals surface area contributed by atoms with Gasteiger partial charge in [-0.25, -0.2) is 9.37 Å². The molecule has 82 valence electrons. The molecule has 2 aromatic rings. The highest BCUT2D eigenvalue weighted by molar-refractivity contribution is 5.89. The maximum atomic E-state index is 13.7. The Labute approximate surface area is 89.6 Å². The van der Waals surface area contributed by atoms with E-state index in [1.165, 1.54) is 25.4 Å². The second-order valence-corrected chi connectivity index (χ2v) is 3.07. The fraction of sp³-hybridized carbons (Fsp3) is 0.100. The number of pyridine rings is 1. The summed E-state index contributed by atoms with van der Waals surface area (Å²) in [6.45, 7) is 0. The normalized spacial score (nSPS) is 10.4. The topological polar surface area (TPSA) is 65.3 Å². The summed E-state index contributed by atoms with van der Waals surface area (Å²) < 4.78 is 18.5. The molecular formula is C10H7FN2O3. The number of hydrogen-bond acceptors (Lipinski definition) is 4. The van der Waals surface area contributed by atoms with E-state index in [1.807, 2.05) is 0 Å². The second-order valence-electron chi connectivity index (χ2n) is 3.07. The van der Waals surface area contributed by atoms with Crippen molar-refractivity contribution >= 4 is 16.6 Å². The van der Waals surface area contributed by atoms with Crippen LogP contribution in [0.15, 0.2) is 24.4 Å². The van der Waals surface area contributed by atoms with Crippen LogP contribution in [0.25, 0.3) is 10.9 Å². The Kier molecular flexibility index (Phi) is 2.40. The lowest BCUT2D eigenvalue weighted by Crippen LogP contribution is -1.96. The van der Waals surface area contributed by atoms with Crippen LogP contribution in [0.3, 0.4) is 0 Å². The molecule has 6 heteroatoms. The Morgan fingerprint density at radius 2 is 2.31 bits per heavy atom. The molecule has 0 spiro atoms. The minimum Gasteiger partial charge on any atom is -0.493 e. The molecule has 0 atom stereocenters. The zero-order valence-electron chi connectivity index (χ0n) is 8.31. The quantitative estimate of drug-likeness (QED) is 0.577. The fourth-order valence-corrected chi connectivity index (χ4v) is 1.46. The lowest BCUT2D eigenvalue weighted by molar-refractivity contribution is -0.383. The van der Waals surface area contributed by atoms with Crippen LogP contribution in [0.4, 0.5) is 10.1 Å². The van der Waals surface area contributed by atoms with Gasteiger partial charge in [-0.3, -0.25) is 10.1 Å². The molecule has 0 saturated heterocycles. The Morgan fingerprint density at radius 1 is 1.56 bits per heavy atom. The fourth-order valence-electron chi connectivity index (χ4n) is 1.46. The third-order valence-corrected chi connectivity index (χ3v) is 2.19. The summed E-state index contributed by atoms with van der Waals surface area (Å²) in [6, 6.07) is 3.96. The van der Waals surface area contributed by atoms with Gasteiger partial charge < -0.3 is 4.74 Å². The van der Waals surface area contributed by atoms with Gasteiger partial charge in [0.25, 0.3) is 5.69 Å². The van der Waals surface area contributed by atoms with Crippen LogP contribution in [0.5, 0.6) is 5.75 Å². The minimum atomic E-state index is -0.642. The summed E-state index contributed by atoms with van der Waals surface area (Å²) >= 11 is 0. The molecule has 0 aliphatic rings. The average molecular weight is 222 g/mol. The van der Waals surface area contributed by atoms with Crippen molar-refractivity contribution in [1.82, 2.24) is 4.98 Å². The maximum absolute atomic E-state index is 13.7. The number of benzene rings is 1. The van der Waals surface area contributed by atoms with Crippen molar-refractivity contribution < 1.29 is 14.1 Å². The molecule has 0 aliphatic heterocycles. The summed E-state index contributed by atoms with van der Waals surface area (Å²) in [7, 11) is 1.25. The van der Waals surface area contributed by atoms with E-state index in [-0.39, 0.29) is 22.3 Å². The van der Waals surface area contributed by atoms with Gasteiger partial charge in [-0.1, -0.05) is 0 Å². The minimum absolute atomic E-state index is 0.0193. The van der Waals surface area contributed by atoms with E-state index >= 15 is 0 Å². The van der Waals surface area contributed by atoms with Gasteiger partial charge in [-0.05, 0) is 12.1 Å². The van der Waals surface area contributed by atoms with Gasteiger partial charge >= 0.3 is 0 Å². The lowest BCUT2D eigenvalue weighted by Gasteiger charge is -2.05. The van der Waals surface area contributed by atoms with Gasteiger partial charge in [0.05, 0.1) is 18.1 Å². The molecule has 0 N–H and O–H groups in total. The molecular weight excluding hydrogens is 215 g/mol. The highest BCUT2D eigenvalue weighted by Crippen LogP contribution is 2.32. The van der Waals surface area contributed by atoms with Crippen LogP contribution in [0, 0.1) is 15.9 Å². The van der Waals surface area contributed by atoms with Crippen LogP contribution in [0.1, 0.15) is 0 Å². The highest BCUT2D eigenvalue weighted by Gasteiger charge is 2.20. The van der Waals surface area contributed by atoms with Crippen molar-refractivity contribution in [3.8, 4) is 5.75 Å². The molecule has 1 heterocycles. The van der Waals surface area contributed by atoms with Crippen molar-refractivity contribution in [3.63, 3.8) is 0 Å². The molecule has 0 fully saturated rings. The smallest absolute Gasteiger partial charge is 0.299 e. The Morgan fingerprint density at radius 3 is 2.94 bits per heavy atom. The van der Waals surface area contributed by atoms with Crippen LogP contribution in [-0.4, -0.2) is 17.0 Å². The number of nitro groups is 1. The summed E-state index contributed by atoms with van der Waals surface area (Å²) in [4.78, 5) is 14.0. The van der Waals surface area contributed by atoms with E-state index in [0.717, 1.165) is 6.07 Å². The number of methoxy groups -OCH3 is 1. The molecule has 0 saturated carbocycles. The van der Waals surface area contributed by atoms with Crippen molar-refractivity contribution in [3.05, 3.63) is 40.3 Å². The van der Waals surface area contributed by atoms with E-state index in [2.05, 4.69) is 4.98 Å². The SMILES string of the molecule is COc1cc([N+](=O)[O-])c2ncccc2c1F. The Bertz CT molecular complexity index is 571. The van der Waals surface area contributed by atoms with Crippen molar-refractivity contribution in [2.24, 2.45) is 0 Å². The number of nitro benzene ring substituents is 1. The predicted molar refractivity (Wildman–Crippen MR) is 54.9 cm³/mol. The van der Waals surface area contributed by atoms with Crippen LogP contribution >= 0.6 is 0 Å². The van der Waals surface area contributed by atoms with Crippen molar-refractivity contribution in [2.45, 2.75) is 0 Å². The molecule has 2 rings (SSSR count).